The third-order valence-electron chi connectivity index (χ3n) is 6.69. The van der Waals surface area contributed by atoms with Gasteiger partial charge in [0.1, 0.15) is 5.75 Å². The van der Waals surface area contributed by atoms with Crippen molar-refractivity contribution in [3.63, 3.8) is 0 Å². The highest BCUT2D eigenvalue weighted by Crippen LogP contribution is 2.31. The Bertz CT molecular complexity index is 1670. The highest BCUT2D eigenvalue weighted by atomic mass is 35.5. The van der Waals surface area contributed by atoms with E-state index in [9.17, 15) is 14.4 Å². The number of carbonyl (C=O) groups excluding carboxylic acids is 2. The van der Waals surface area contributed by atoms with Gasteiger partial charge in [-0.1, -0.05) is 53.3 Å². The number of rotatable bonds is 7. The highest BCUT2D eigenvalue weighted by Gasteiger charge is 2.33. The van der Waals surface area contributed by atoms with Crippen molar-refractivity contribution in [2.24, 2.45) is 4.99 Å². The van der Waals surface area contributed by atoms with Crippen LogP contribution in [0.25, 0.3) is 6.08 Å². The molecule has 3 aromatic rings. The lowest BCUT2D eigenvalue weighted by Crippen LogP contribution is -2.43. The van der Waals surface area contributed by atoms with Gasteiger partial charge in [0.15, 0.2) is 11.4 Å². The van der Waals surface area contributed by atoms with Crippen molar-refractivity contribution >= 4 is 40.9 Å². The smallest absolute Gasteiger partial charge is 0.338 e. The summed E-state index contributed by atoms with van der Waals surface area (Å²) in [5.74, 6) is -0.174. The number of hydrogen-bond acceptors (Lipinski definition) is 8. The maximum Gasteiger partial charge on any atom is 0.338 e. The maximum atomic E-state index is 13.9. The van der Waals surface area contributed by atoms with Crippen molar-refractivity contribution in [3.8, 4) is 5.75 Å². The van der Waals surface area contributed by atoms with Gasteiger partial charge in [-0.2, -0.15) is 0 Å². The molecule has 0 saturated carbocycles. The zero-order valence-electron chi connectivity index (χ0n) is 23.0. The monoisotopic (exact) mass is 595 g/mol. The fourth-order valence-corrected chi connectivity index (χ4v) is 5.90. The van der Waals surface area contributed by atoms with Gasteiger partial charge in [0.05, 0.1) is 41.2 Å². The molecule has 1 unspecified atom stereocenters. The molecule has 2 aliphatic rings. The standard InChI is InChI=1S/C30H30ClN3O6S/c1-18(2)40-29(37)26-19(3)32-30-34(27(26)20-8-10-22(31)11-9-20)28(36)24(41-30)16-21-6-4-5-7-23(21)39-17-25(35)33-12-14-38-15-13-33/h4-11,16,18,27H,12-15,17H2,1-3H3. The summed E-state index contributed by atoms with van der Waals surface area (Å²) in [5.41, 5.74) is 1.82. The van der Waals surface area contributed by atoms with Crippen LogP contribution in [0.1, 0.15) is 37.9 Å². The number of allylic oxidation sites excluding steroid dienone is 1. The molecule has 1 fully saturated rings. The number of nitrogens with zero attached hydrogens (tertiary/aromatic N) is 3. The summed E-state index contributed by atoms with van der Waals surface area (Å²) in [6.45, 7) is 7.25. The van der Waals surface area contributed by atoms with Gasteiger partial charge in [-0.15, -0.1) is 0 Å². The SMILES string of the molecule is CC1=C(C(=O)OC(C)C)C(c2ccc(Cl)cc2)n2c(sc(=Cc3ccccc3OCC(=O)N3CCOCC3)c2=O)=N1. The highest BCUT2D eigenvalue weighted by molar-refractivity contribution is 7.07. The van der Waals surface area contributed by atoms with Crippen molar-refractivity contribution in [2.45, 2.75) is 32.9 Å². The quantitative estimate of drug-likeness (QED) is 0.389. The average Bonchev–Trinajstić information content (AvgIpc) is 3.26. The summed E-state index contributed by atoms with van der Waals surface area (Å²) in [6, 6.07) is 13.5. The van der Waals surface area contributed by atoms with E-state index in [0.29, 0.717) is 68.8 Å². The lowest BCUT2D eigenvalue weighted by molar-refractivity contribution is -0.143. The first-order valence-electron chi connectivity index (χ1n) is 13.3. The van der Waals surface area contributed by atoms with Crippen molar-refractivity contribution in [1.29, 1.82) is 0 Å². The summed E-state index contributed by atoms with van der Waals surface area (Å²) >= 11 is 7.36. The molecule has 5 rings (SSSR count). The van der Waals surface area contributed by atoms with Crippen LogP contribution in [0.2, 0.25) is 5.02 Å². The Morgan fingerprint density at radius 1 is 1.15 bits per heavy atom. The Morgan fingerprint density at radius 2 is 1.85 bits per heavy atom. The van der Waals surface area contributed by atoms with Gasteiger partial charge in [0.2, 0.25) is 0 Å². The average molecular weight is 596 g/mol. The van der Waals surface area contributed by atoms with E-state index in [0.717, 1.165) is 0 Å². The largest absolute Gasteiger partial charge is 0.483 e. The molecule has 1 saturated heterocycles. The number of para-hydroxylation sites is 1. The molecule has 0 N–H and O–H groups in total. The van der Waals surface area contributed by atoms with Gasteiger partial charge >= 0.3 is 5.97 Å². The number of morpholine rings is 1. The second-order valence-corrected chi connectivity index (χ2v) is 11.4. The number of hydrogen-bond donors (Lipinski definition) is 0. The number of halogens is 1. The number of esters is 1. The second kappa shape index (κ2) is 12.4. The summed E-state index contributed by atoms with van der Waals surface area (Å²) in [6.07, 6.45) is 1.38. The molecule has 0 radical (unpaired) electrons. The van der Waals surface area contributed by atoms with Crippen molar-refractivity contribution in [3.05, 3.63) is 95.6 Å². The molecule has 1 amide bonds. The molecule has 9 nitrogen and oxygen atoms in total. The summed E-state index contributed by atoms with van der Waals surface area (Å²) in [5, 5.41) is 0.539. The Morgan fingerprint density at radius 3 is 2.56 bits per heavy atom. The first kappa shape index (κ1) is 28.8. The predicted molar refractivity (Wildman–Crippen MR) is 156 cm³/mol. The van der Waals surface area contributed by atoms with Crippen LogP contribution in [-0.4, -0.2) is 60.4 Å². The molecule has 1 aromatic heterocycles. The molecule has 41 heavy (non-hydrogen) atoms. The summed E-state index contributed by atoms with van der Waals surface area (Å²) < 4.78 is 18.7. The number of fused-ring (bicyclic) bond motifs is 1. The van der Waals surface area contributed by atoms with E-state index in [-0.39, 0.29) is 24.2 Å². The fraction of sp³-hybridized carbons (Fsp3) is 0.333. The molecule has 1 atom stereocenters. The van der Waals surface area contributed by atoms with Crippen LogP contribution in [0, 0.1) is 0 Å². The normalized spacial score (nSPS) is 17.3. The number of amides is 1. The molecule has 0 aliphatic carbocycles. The molecule has 0 spiro atoms. The van der Waals surface area contributed by atoms with Crippen LogP contribution in [0.5, 0.6) is 5.75 Å². The zero-order valence-corrected chi connectivity index (χ0v) is 24.5. The lowest BCUT2D eigenvalue weighted by Gasteiger charge is -2.26. The zero-order chi connectivity index (χ0) is 29.1. The third-order valence-corrected chi connectivity index (χ3v) is 7.93. The van der Waals surface area contributed by atoms with Gasteiger partial charge in [-0.25, -0.2) is 9.79 Å². The van der Waals surface area contributed by atoms with E-state index in [1.54, 1.807) is 62.1 Å². The number of ether oxygens (including phenoxy) is 3. The number of thiazole rings is 1. The van der Waals surface area contributed by atoms with Crippen LogP contribution in [0.4, 0.5) is 0 Å². The molecule has 2 aromatic carbocycles. The van der Waals surface area contributed by atoms with Crippen molar-refractivity contribution < 1.29 is 23.8 Å². The van der Waals surface area contributed by atoms with Crippen LogP contribution in [-0.2, 0) is 19.1 Å². The minimum Gasteiger partial charge on any atom is -0.483 e. The molecule has 11 heteroatoms. The van der Waals surface area contributed by atoms with E-state index in [1.165, 1.54) is 15.9 Å². The topological polar surface area (TPSA) is 99.4 Å². The first-order valence-corrected chi connectivity index (χ1v) is 14.5. The minimum atomic E-state index is -0.741. The van der Waals surface area contributed by atoms with E-state index in [2.05, 4.69) is 4.99 Å². The Balaban J connectivity index is 1.54. The summed E-state index contributed by atoms with van der Waals surface area (Å²) in [4.78, 5) is 46.6. The van der Waals surface area contributed by atoms with Gasteiger partial charge in [0, 0.05) is 23.7 Å². The number of aromatic nitrogens is 1. The molecule has 2 aliphatic heterocycles. The maximum absolute atomic E-state index is 13.9. The third kappa shape index (κ3) is 6.29. The number of carbonyl (C=O) groups is 2. The van der Waals surface area contributed by atoms with Gasteiger partial charge in [-0.05, 0) is 50.6 Å². The Labute approximate surface area is 245 Å². The predicted octanol–water partition coefficient (Wildman–Crippen LogP) is 3.08. The van der Waals surface area contributed by atoms with E-state index >= 15 is 0 Å². The van der Waals surface area contributed by atoms with Gasteiger partial charge in [0.25, 0.3) is 11.5 Å². The van der Waals surface area contributed by atoms with Crippen molar-refractivity contribution in [1.82, 2.24) is 9.47 Å². The van der Waals surface area contributed by atoms with Crippen LogP contribution < -0.4 is 19.6 Å². The van der Waals surface area contributed by atoms with E-state index < -0.39 is 12.0 Å². The fourth-order valence-electron chi connectivity index (χ4n) is 4.74. The van der Waals surface area contributed by atoms with Gasteiger partial charge in [-0.3, -0.25) is 14.2 Å². The van der Waals surface area contributed by atoms with Gasteiger partial charge < -0.3 is 19.1 Å². The summed E-state index contributed by atoms with van der Waals surface area (Å²) in [7, 11) is 0. The van der Waals surface area contributed by atoms with Crippen molar-refractivity contribution in [2.75, 3.05) is 32.9 Å². The lowest BCUT2D eigenvalue weighted by atomic mass is 9.96. The van der Waals surface area contributed by atoms with Crippen LogP contribution in [0.3, 0.4) is 0 Å². The van der Waals surface area contributed by atoms with E-state index in [4.69, 9.17) is 25.8 Å². The molecule has 0 bridgehead atoms. The minimum absolute atomic E-state index is 0.122. The molecule has 214 valence electrons. The van der Waals surface area contributed by atoms with E-state index in [1.807, 2.05) is 18.2 Å². The first-order chi connectivity index (χ1) is 19.7. The molecular formula is C30H30ClN3O6S. The molecular weight excluding hydrogens is 566 g/mol. The number of benzene rings is 2. The second-order valence-electron chi connectivity index (χ2n) is 9.91. The molecule has 3 heterocycles. The Hall–Kier alpha value is -3.73. The van der Waals surface area contributed by atoms with Crippen LogP contribution in [0.15, 0.2) is 69.6 Å². The van der Waals surface area contributed by atoms with Crippen LogP contribution >= 0.6 is 22.9 Å². The Kier molecular flexibility index (Phi) is 8.72.